The molecule has 6 heteroatoms. The van der Waals surface area contributed by atoms with Crippen molar-refractivity contribution < 1.29 is 18.3 Å². The molecule has 1 aliphatic heterocycles. The van der Waals surface area contributed by atoms with Gasteiger partial charge in [-0.05, 0) is 31.4 Å². The number of aryl methyl sites for hydroxylation is 1. The van der Waals surface area contributed by atoms with Crippen molar-refractivity contribution in [2.24, 2.45) is 5.41 Å². The smallest absolute Gasteiger partial charge is 0.310 e. The van der Waals surface area contributed by atoms with E-state index in [4.69, 9.17) is 0 Å². The fourth-order valence-electron chi connectivity index (χ4n) is 2.30. The minimum Gasteiger partial charge on any atom is -0.481 e. The van der Waals surface area contributed by atoms with Crippen molar-refractivity contribution in [1.29, 1.82) is 0 Å². The first-order valence-corrected chi connectivity index (χ1v) is 7.59. The Morgan fingerprint density at radius 3 is 2.72 bits per heavy atom. The van der Waals surface area contributed by atoms with Gasteiger partial charge in [-0.25, -0.2) is 8.42 Å². The van der Waals surface area contributed by atoms with E-state index in [-0.39, 0.29) is 17.9 Å². The zero-order chi connectivity index (χ0) is 13.2. The zero-order valence-corrected chi connectivity index (χ0v) is 10.7. The van der Waals surface area contributed by atoms with Gasteiger partial charge in [0, 0.05) is 11.9 Å². The number of rotatable bonds is 4. The van der Waals surface area contributed by atoms with E-state index in [1.807, 2.05) is 12.1 Å². The third-order valence-corrected chi connectivity index (χ3v) is 5.25. The lowest BCUT2D eigenvalue weighted by atomic mass is 9.82. The Balaban J connectivity index is 2.12. The second-order valence-electron chi connectivity index (χ2n) is 4.75. The van der Waals surface area contributed by atoms with E-state index < -0.39 is 21.2 Å². The quantitative estimate of drug-likeness (QED) is 0.878. The number of carboxylic acids is 1. The Kier molecular flexibility index (Phi) is 3.38. The van der Waals surface area contributed by atoms with E-state index >= 15 is 0 Å². The van der Waals surface area contributed by atoms with Gasteiger partial charge in [-0.1, -0.05) is 6.07 Å². The minimum absolute atomic E-state index is 0.0263. The van der Waals surface area contributed by atoms with Crippen molar-refractivity contribution in [2.45, 2.75) is 19.3 Å². The van der Waals surface area contributed by atoms with Gasteiger partial charge in [0.15, 0.2) is 9.84 Å². The van der Waals surface area contributed by atoms with Gasteiger partial charge < -0.3 is 5.11 Å². The predicted octanol–water partition coefficient (Wildman–Crippen LogP) is 0.904. The van der Waals surface area contributed by atoms with Crippen LogP contribution in [0.2, 0.25) is 0 Å². The van der Waals surface area contributed by atoms with E-state index in [1.165, 1.54) is 0 Å². The van der Waals surface area contributed by atoms with E-state index in [2.05, 4.69) is 4.98 Å². The molecule has 1 unspecified atom stereocenters. The Hall–Kier alpha value is -1.43. The maximum atomic E-state index is 11.5. The van der Waals surface area contributed by atoms with Gasteiger partial charge >= 0.3 is 5.97 Å². The van der Waals surface area contributed by atoms with Crippen molar-refractivity contribution in [3.05, 3.63) is 30.1 Å². The first-order valence-electron chi connectivity index (χ1n) is 5.77. The average Bonchev–Trinajstić information content (AvgIpc) is 2.65. The molecule has 1 saturated heterocycles. The van der Waals surface area contributed by atoms with Crippen LogP contribution in [0, 0.1) is 5.41 Å². The Morgan fingerprint density at radius 1 is 1.44 bits per heavy atom. The van der Waals surface area contributed by atoms with Crippen LogP contribution in [0.25, 0.3) is 0 Å². The SMILES string of the molecule is O=C(O)C1(CCc2ccccn2)CCS(=O)(=O)C1. The number of aliphatic carboxylic acids is 1. The van der Waals surface area contributed by atoms with Crippen LogP contribution in [0.15, 0.2) is 24.4 Å². The van der Waals surface area contributed by atoms with Crippen LogP contribution in [0.1, 0.15) is 18.5 Å². The topological polar surface area (TPSA) is 84.3 Å². The van der Waals surface area contributed by atoms with Gasteiger partial charge in [-0.3, -0.25) is 9.78 Å². The summed E-state index contributed by atoms with van der Waals surface area (Å²) in [7, 11) is -3.20. The number of pyridine rings is 1. The summed E-state index contributed by atoms with van der Waals surface area (Å²) in [6.07, 6.45) is 2.66. The van der Waals surface area contributed by atoms with E-state index in [0.29, 0.717) is 12.8 Å². The molecule has 1 fully saturated rings. The van der Waals surface area contributed by atoms with Gasteiger partial charge in [0.1, 0.15) is 0 Å². The zero-order valence-electron chi connectivity index (χ0n) is 9.87. The summed E-state index contributed by atoms with van der Waals surface area (Å²) in [5, 5.41) is 9.29. The molecule has 5 nitrogen and oxygen atoms in total. The summed E-state index contributed by atoms with van der Waals surface area (Å²) >= 11 is 0. The molecule has 1 N–H and O–H groups in total. The van der Waals surface area contributed by atoms with Crippen LogP contribution in [0.3, 0.4) is 0 Å². The van der Waals surface area contributed by atoms with Crippen LogP contribution in [0.4, 0.5) is 0 Å². The third-order valence-electron chi connectivity index (χ3n) is 3.43. The van der Waals surface area contributed by atoms with E-state index in [0.717, 1.165) is 5.69 Å². The first-order chi connectivity index (χ1) is 8.44. The molecule has 18 heavy (non-hydrogen) atoms. The summed E-state index contributed by atoms with van der Waals surface area (Å²) in [4.78, 5) is 15.5. The van der Waals surface area contributed by atoms with Crippen LogP contribution < -0.4 is 0 Å². The number of hydrogen-bond donors (Lipinski definition) is 1. The van der Waals surface area contributed by atoms with Crippen LogP contribution in [-0.4, -0.2) is 36.0 Å². The molecule has 0 aromatic carbocycles. The highest BCUT2D eigenvalue weighted by Gasteiger charge is 2.47. The molecule has 1 aromatic rings. The molecule has 1 atom stereocenters. The molecule has 1 aliphatic rings. The van der Waals surface area contributed by atoms with Crippen LogP contribution in [-0.2, 0) is 21.1 Å². The Labute approximate surface area is 106 Å². The van der Waals surface area contributed by atoms with Gasteiger partial charge in [0.2, 0.25) is 0 Å². The molecule has 1 aromatic heterocycles. The number of hydrogen-bond acceptors (Lipinski definition) is 4. The summed E-state index contributed by atoms with van der Waals surface area (Å²) < 4.78 is 23.0. The summed E-state index contributed by atoms with van der Waals surface area (Å²) in [5.74, 6) is -1.29. The average molecular weight is 269 g/mol. The molecule has 0 amide bonds. The second kappa shape index (κ2) is 4.68. The summed E-state index contributed by atoms with van der Waals surface area (Å²) in [6, 6.07) is 5.44. The maximum Gasteiger partial charge on any atom is 0.310 e. The lowest BCUT2D eigenvalue weighted by molar-refractivity contribution is -0.147. The highest BCUT2D eigenvalue weighted by Crippen LogP contribution is 2.36. The number of carboxylic acid groups (broad SMARTS) is 1. The lowest BCUT2D eigenvalue weighted by Crippen LogP contribution is -2.33. The Bertz CT molecular complexity index is 540. The number of carbonyl (C=O) groups is 1. The number of sulfone groups is 1. The predicted molar refractivity (Wildman–Crippen MR) is 65.9 cm³/mol. The molecule has 0 bridgehead atoms. The molecule has 0 saturated carbocycles. The molecule has 0 aliphatic carbocycles. The third kappa shape index (κ3) is 2.69. The van der Waals surface area contributed by atoms with E-state index in [1.54, 1.807) is 12.3 Å². The van der Waals surface area contributed by atoms with Crippen molar-refractivity contribution >= 4 is 15.8 Å². The molecular formula is C12H15NO4S. The van der Waals surface area contributed by atoms with Gasteiger partial charge in [-0.2, -0.15) is 0 Å². The molecule has 0 spiro atoms. The highest BCUT2D eigenvalue weighted by atomic mass is 32.2. The van der Waals surface area contributed by atoms with Gasteiger partial charge in [-0.15, -0.1) is 0 Å². The molecule has 0 radical (unpaired) electrons. The van der Waals surface area contributed by atoms with Crippen molar-refractivity contribution in [2.75, 3.05) is 11.5 Å². The standard InChI is InChI=1S/C12H15NO4S/c14-11(15)12(6-8-18(16,17)9-12)5-4-10-3-1-2-7-13-10/h1-3,7H,4-6,8-9H2,(H,14,15). The molecule has 98 valence electrons. The van der Waals surface area contributed by atoms with Crippen molar-refractivity contribution in [1.82, 2.24) is 4.98 Å². The molecule has 2 rings (SSSR count). The van der Waals surface area contributed by atoms with E-state index in [9.17, 15) is 18.3 Å². The molecular weight excluding hydrogens is 254 g/mol. The minimum atomic E-state index is -3.20. The van der Waals surface area contributed by atoms with Crippen molar-refractivity contribution in [3.63, 3.8) is 0 Å². The normalized spacial score (nSPS) is 26.0. The summed E-state index contributed by atoms with van der Waals surface area (Å²) in [6.45, 7) is 0. The van der Waals surface area contributed by atoms with Crippen LogP contribution >= 0.6 is 0 Å². The highest BCUT2D eigenvalue weighted by molar-refractivity contribution is 7.91. The Morgan fingerprint density at radius 2 is 2.22 bits per heavy atom. The fourth-order valence-corrected chi connectivity index (χ4v) is 4.40. The van der Waals surface area contributed by atoms with Gasteiger partial charge in [0.25, 0.3) is 0 Å². The maximum absolute atomic E-state index is 11.5. The fraction of sp³-hybridized carbons (Fsp3) is 0.500. The van der Waals surface area contributed by atoms with Crippen molar-refractivity contribution in [3.8, 4) is 0 Å². The second-order valence-corrected chi connectivity index (χ2v) is 6.93. The largest absolute Gasteiger partial charge is 0.481 e. The number of aromatic nitrogens is 1. The lowest BCUT2D eigenvalue weighted by Gasteiger charge is -2.21. The van der Waals surface area contributed by atoms with Gasteiger partial charge in [0.05, 0.1) is 16.9 Å². The monoisotopic (exact) mass is 269 g/mol. The molecule has 2 heterocycles. The first kappa shape index (κ1) is 13.0. The summed E-state index contributed by atoms with van der Waals surface area (Å²) in [5.41, 5.74) is -0.335. The number of nitrogens with zero attached hydrogens (tertiary/aromatic N) is 1. The van der Waals surface area contributed by atoms with Crippen LogP contribution in [0.5, 0.6) is 0 Å².